The smallest absolute Gasteiger partial charge is 0.0726 e. The van der Waals surface area contributed by atoms with Gasteiger partial charge in [-0.1, -0.05) is 200 Å². The highest BCUT2D eigenvalue weighted by Gasteiger charge is 2.50. The maximum atomic E-state index is 2.54. The Bertz CT molecular complexity index is 3500. The third kappa shape index (κ3) is 5.22. The Balaban J connectivity index is 1.19. The van der Waals surface area contributed by atoms with Crippen LogP contribution in [0.5, 0.6) is 0 Å². The van der Waals surface area contributed by atoms with Crippen molar-refractivity contribution in [2.75, 3.05) is 4.90 Å². The van der Waals surface area contributed by atoms with Crippen molar-refractivity contribution in [2.45, 2.75) is 5.41 Å². The molecule has 10 aromatic carbocycles. The summed E-state index contributed by atoms with van der Waals surface area (Å²) in [5.41, 5.74) is 20.3. The van der Waals surface area contributed by atoms with Gasteiger partial charge in [-0.25, -0.2) is 0 Å². The highest BCUT2D eigenvalue weighted by Crippen LogP contribution is 2.64. The molecule has 0 aliphatic heterocycles. The number of nitrogens with zero attached hydrogens (tertiary/aromatic N) is 1. The number of hydrogen-bond donors (Lipinski definition) is 0. The summed E-state index contributed by atoms with van der Waals surface area (Å²) in [6.07, 6.45) is 0. The van der Waals surface area contributed by atoms with Crippen LogP contribution in [0.3, 0.4) is 0 Å². The van der Waals surface area contributed by atoms with Gasteiger partial charge >= 0.3 is 0 Å². The van der Waals surface area contributed by atoms with Gasteiger partial charge in [0.1, 0.15) is 0 Å². The number of hydrogen-bond acceptors (Lipinski definition) is 2. The zero-order valence-corrected chi connectivity index (χ0v) is 35.2. The number of thiophene rings is 1. The van der Waals surface area contributed by atoms with Crippen molar-refractivity contribution in [2.24, 2.45) is 0 Å². The third-order valence-electron chi connectivity index (χ3n) is 13.5. The first-order valence-corrected chi connectivity index (χ1v) is 22.6. The van der Waals surface area contributed by atoms with Crippen LogP contribution >= 0.6 is 11.3 Å². The van der Waals surface area contributed by atoms with Crippen LogP contribution in [-0.4, -0.2) is 0 Å². The molecule has 2 aliphatic carbocycles. The highest BCUT2D eigenvalue weighted by atomic mass is 32.1. The molecule has 0 bridgehead atoms. The predicted octanol–water partition coefficient (Wildman–Crippen LogP) is 16.9. The molecule has 1 nitrogen and oxygen atoms in total. The lowest BCUT2D eigenvalue weighted by Crippen LogP contribution is -2.29. The monoisotopic (exact) mass is 817 g/mol. The molecule has 1 heterocycles. The minimum absolute atomic E-state index is 0.645. The SMILES string of the molecule is c1ccc(-c2ccccc2N(c2ccc3c(c2)C2(c4ccccc4-c4ccccc4-3)c3ccccc3-c3c2ccc2sc4ccccc4c32)c2ccccc2-c2ccccc2)cc1. The molecule has 1 unspecified atom stereocenters. The lowest BCUT2D eigenvalue weighted by atomic mass is 9.65. The number of anilines is 3. The fourth-order valence-electron chi connectivity index (χ4n) is 11.0. The topological polar surface area (TPSA) is 3.24 Å². The molecule has 294 valence electrons. The van der Waals surface area contributed by atoms with Crippen LogP contribution in [0.15, 0.2) is 237 Å². The molecule has 0 radical (unpaired) electrons. The molecule has 0 saturated heterocycles. The van der Waals surface area contributed by atoms with Crippen molar-refractivity contribution in [1.29, 1.82) is 0 Å². The Kier molecular flexibility index (Phi) is 8.06. The molecule has 1 spiro atoms. The van der Waals surface area contributed by atoms with E-state index in [1.165, 1.54) is 98.1 Å². The van der Waals surface area contributed by atoms with Crippen LogP contribution in [-0.2, 0) is 5.41 Å². The van der Waals surface area contributed by atoms with Gasteiger partial charge in [-0.05, 0) is 103 Å². The predicted molar refractivity (Wildman–Crippen MR) is 267 cm³/mol. The molecule has 11 aromatic rings. The first-order chi connectivity index (χ1) is 31.3. The number of para-hydroxylation sites is 2. The van der Waals surface area contributed by atoms with Gasteiger partial charge in [-0.3, -0.25) is 0 Å². The summed E-state index contributed by atoms with van der Waals surface area (Å²) in [6, 6.07) is 88.1. The standard InChI is InChI=1S/C61H39NS/c1-3-19-40(20-4-1)43-23-11-16-32-55(43)62(56-33-17-12-24-44(56)41-21-5-2-6-22-41)42-35-36-48-46-26-8-7-25-45(46)47-27-9-14-30-51(47)61(54(48)39-42)52-31-15-10-28-49(52)59-53(61)37-38-58-60(59)50-29-13-18-34-57(50)63-58/h1-39H. The van der Waals surface area contributed by atoms with E-state index in [0.717, 1.165) is 17.1 Å². The molecule has 2 heteroatoms. The zero-order chi connectivity index (χ0) is 41.5. The first kappa shape index (κ1) is 35.9. The van der Waals surface area contributed by atoms with Crippen LogP contribution in [0.25, 0.3) is 75.8 Å². The van der Waals surface area contributed by atoms with Crippen LogP contribution in [0.2, 0.25) is 0 Å². The van der Waals surface area contributed by atoms with E-state index >= 15 is 0 Å². The van der Waals surface area contributed by atoms with Crippen molar-refractivity contribution in [1.82, 2.24) is 0 Å². The summed E-state index contributed by atoms with van der Waals surface area (Å²) in [7, 11) is 0. The van der Waals surface area contributed by atoms with Gasteiger partial charge in [0.2, 0.25) is 0 Å². The van der Waals surface area contributed by atoms with Crippen molar-refractivity contribution in [3.8, 4) is 55.6 Å². The Labute approximate surface area is 371 Å². The molecule has 1 aromatic heterocycles. The lowest BCUT2D eigenvalue weighted by molar-refractivity contribution is 0.776. The fraction of sp³-hybridized carbons (Fsp3) is 0.0164. The van der Waals surface area contributed by atoms with E-state index in [4.69, 9.17) is 0 Å². The Morgan fingerprint density at radius 3 is 1.46 bits per heavy atom. The summed E-state index contributed by atoms with van der Waals surface area (Å²) in [4.78, 5) is 2.51. The van der Waals surface area contributed by atoms with E-state index in [1.807, 2.05) is 11.3 Å². The maximum Gasteiger partial charge on any atom is 0.0726 e. The van der Waals surface area contributed by atoms with Gasteiger partial charge in [0.25, 0.3) is 0 Å². The molecule has 0 saturated carbocycles. The normalized spacial score (nSPS) is 14.4. The van der Waals surface area contributed by atoms with Crippen LogP contribution < -0.4 is 4.90 Å². The molecular formula is C61H39NS. The molecule has 13 rings (SSSR count). The van der Waals surface area contributed by atoms with E-state index in [-0.39, 0.29) is 0 Å². The Hall–Kier alpha value is -7.78. The number of rotatable bonds is 5. The van der Waals surface area contributed by atoms with Crippen LogP contribution in [0.1, 0.15) is 22.3 Å². The Morgan fingerprint density at radius 2 is 0.810 bits per heavy atom. The van der Waals surface area contributed by atoms with Gasteiger partial charge in [-0.2, -0.15) is 0 Å². The van der Waals surface area contributed by atoms with Gasteiger partial charge in [0, 0.05) is 37.0 Å². The van der Waals surface area contributed by atoms with E-state index < -0.39 is 5.41 Å². The van der Waals surface area contributed by atoms with E-state index in [1.54, 1.807) is 0 Å². The second kappa shape index (κ2) is 14.1. The molecule has 0 amide bonds. The van der Waals surface area contributed by atoms with Crippen LogP contribution in [0, 0.1) is 0 Å². The number of benzene rings is 10. The van der Waals surface area contributed by atoms with E-state index in [0.29, 0.717) is 0 Å². The zero-order valence-electron chi connectivity index (χ0n) is 34.4. The summed E-state index contributed by atoms with van der Waals surface area (Å²) < 4.78 is 2.64. The molecule has 1 atom stereocenters. The summed E-state index contributed by atoms with van der Waals surface area (Å²) in [5.74, 6) is 0. The molecular weight excluding hydrogens is 779 g/mol. The minimum Gasteiger partial charge on any atom is -0.309 e. The maximum absolute atomic E-state index is 2.54. The fourth-order valence-corrected chi connectivity index (χ4v) is 12.1. The number of fused-ring (bicyclic) bond motifs is 16. The van der Waals surface area contributed by atoms with Crippen molar-refractivity contribution in [3.05, 3.63) is 259 Å². The minimum atomic E-state index is -0.645. The average Bonchev–Trinajstić information content (AvgIpc) is 3.85. The van der Waals surface area contributed by atoms with Crippen LogP contribution in [0.4, 0.5) is 17.1 Å². The molecule has 0 N–H and O–H groups in total. The lowest BCUT2D eigenvalue weighted by Gasteiger charge is -2.37. The van der Waals surface area contributed by atoms with Gasteiger partial charge < -0.3 is 4.90 Å². The summed E-state index contributed by atoms with van der Waals surface area (Å²) in [6.45, 7) is 0. The van der Waals surface area contributed by atoms with Crippen molar-refractivity contribution in [3.63, 3.8) is 0 Å². The average molecular weight is 818 g/mol. The second-order valence-electron chi connectivity index (χ2n) is 16.7. The quantitative estimate of drug-likeness (QED) is 0.167. The van der Waals surface area contributed by atoms with Gasteiger partial charge in [0.05, 0.1) is 16.8 Å². The van der Waals surface area contributed by atoms with Crippen molar-refractivity contribution >= 4 is 48.6 Å². The molecule has 2 aliphatic rings. The van der Waals surface area contributed by atoms with E-state index in [9.17, 15) is 0 Å². The molecule has 63 heavy (non-hydrogen) atoms. The third-order valence-corrected chi connectivity index (χ3v) is 14.6. The van der Waals surface area contributed by atoms with Gasteiger partial charge in [0.15, 0.2) is 0 Å². The first-order valence-electron chi connectivity index (χ1n) is 21.8. The van der Waals surface area contributed by atoms with E-state index in [2.05, 4.69) is 241 Å². The summed E-state index contributed by atoms with van der Waals surface area (Å²) >= 11 is 1.90. The highest BCUT2D eigenvalue weighted by molar-refractivity contribution is 7.26. The van der Waals surface area contributed by atoms with Crippen molar-refractivity contribution < 1.29 is 0 Å². The second-order valence-corrected chi connectivity index (χ2v) is 17.8. The molecule has 0 fully saturated rings. The largest absolute Gasteiger partial charge is 0.309 e. The Morgan fingerprint density at radius 1 is 0.317 bits per heavy atom. The summed E-state index contributed by atoms with van der Waals surface area (Å²) in [5, 5.41) is 2.67. The van der Waals surface area contributed by atoms with Gasteiger partial charge in [-0.15, -0.1) is 11.3 Å².